The smallest absolute Gasteiger partial charge is 0.0616 e. The molecule has 0 bridgehead atoms. The van der Waals surface area contributed by atoms with Gasteiger partial charge >= 0.3 is 0 Å². The predicted molar refractivity (Wildman–Crippen MR) is 63.3 cm³/mol. The Balaban J connectivity index is 2.22. The molecule has 1 aromatic rings. The summed E-state index contributed by atoms with van der Waals surface area (Å²) in [5, 5.41) is 12.2. The highest BCUT2D eigenvalue weighted by atomic mass is 16.5. The van der Waals surface area contributed by atoms with Crippen LogP contribution in [0, 0.1) is 0 Å². The van der Waals surface area contributed by atoms with Gasteiger partial charge in [-0.25, -0.2) is 0 Å². The summed E-state index contributed by atoms with van der Waals surface area (Å²) in [4.78, 5) is 4.06. The molecule has 1 aromatic heterocycles. The van der Waals surface area contributed by atoms with E-state index in [1.54, 1.807) is 13.3 Å². The molecule has 0 spiro atoms. The Morgan fingerprint density at radius 3 is 3.06 bits per heavy atom. The molecule has 2 N–H and O–H groups in total. The van der Waals surface area contributed by atoms with Gasteiger partial charge in [0.15, 0.2) is 0 Å². The molecule has 0 saturated carbocycles. The van der Waals surface area contributed by atoms with Crippen LogP contribution in [0.3, 0.4) is 0 Å². The van der Waals surface area contributed by atoms with Gasteiger partial charge in [-0.1, -0.05) is 6.07 Å². The molecule has 1 heterocycles. The first-order valence-electron chi connectivity index (χ1n) is 5.59. The largest absolute Gasteiger partial charge is 0.396 e. The summed E-state index contributed by atoms with van der Waals surface area (Å²) in [6.07, 6.45) is 5.32. The summed E-state index contributed by atoms with van der Waals surface area (Å²) in [5.74, 6) is 0. The normalized spacial score (nSPS) is 12.6. The van der Waals surface area contributed by atoms with Gasteiger partial charge in [-0.15, -0.1) is 0 Å². The van der Waals surface area contributed by atoms with Crippen molar-refractivity contribution >= 4 is 0 Å². The van der Waals surface area contributed by atoms with Crippen LogP contribution in [0.2, 0.25) is 0 Å². The summed E-state index contributed by atoms with van der Waals surface area (Å²) >= 11 is 0. The molecule has 1 rings (SSSR count). The van der Waals surface area contributed by atoms with Crippen LogP contribution in [-0.2, 0) is 11.2 Å². The van der Waals surface area contributed by atoms with E-state index in [1.807, 2.05) is 12.3 Å². The minimum absolute atomic E-state index is 0.188. The number of methoxy groups -OCH3 is 1. The quantitative estimate of drug-likeness (QED) is 0.679. The van der Waals surface area contributed by atoms with Gasteiger partial charge in [0, 0.05) is 32.2 Å². The third kappa shape index (κ3) is 5.21. The third-order valence-electron chi connectivity index (χ3n) is 2.41. The molecule has 0 aliphatic heterocycles. The van der Waals surface area contributed by atoms with E-state index >= 15 is 0 Å². The van der Waals surface area contributed by atoms with E-state index in [9.17, 15) is 0 Å². The highest BCUT2D eigenvalue weighted by Crippen LogP contribution is 1.97. The summed E-state index contributed by atoms with van der Waals surface area (Å²) in [5.41, 5.74) is 1.22. The van der Waals surface area contributed by atoms with Gasteiger partial charge in [0.25, 0.3) is 0 Å². The summed E-state index contributed by atoms with van der Waals surface area (Å²) in [7, 11) is 1.67. The zero-order chi connectivity index (χ0) is 11.6. The fraction of sp³-hybridized carbons (Fsp3) is 0.583. The second kappa shape index (κ2) is 8.21. The van der Waals surface area contributed by atoms with E-state index in [4.69, 9.17) is 9.84 Å². The molecule has 4 nitrogen and oxygen atoms in total. The lowest BCUT2D eigenvalue weighted by molar-refractivity contribution is 0.149. The maximum Gasteiger partial charge on any atom is 0.0616 e. The zero-order valence-electron chi connectivity index (χ0n) is 9.72. The lowest BCUT2D eigenvalue weighted by atomic mass is 10.2. The van der Waals surface area contributed by atoms with Crippen LogP contribution >= 0.6 is 0 Å². The number of pyridine rings is 1. The molecular weight excluding hydrogens is 204 g/mol. The maximum atomic E-state index is 8.87. The van der Waals surface area contributed by atoms with Gasteiger partial charge in [-0.3, -0.25) is 4.98 Å². The van der Waals surface area contributed by atoms with E-state index in [0.29, 0.717) is 6.61 Å². The number of rotatable bonds is 8. The maximum absolute atomic E-state index is 8.87. The molecule has 90 valence electrons. The number of nitrogens with zero attached hydrogens (tertiary/aromatic N) is 1. The average Bonchev–Trinajstić information content (AvgIpc) is 2.31. The number of nitrogens with one attached hydrogen (secondary N) is 1. The highest BCUT2D eigenvalue weighted by Gasteiger charge is 2.06. The first-order valence-corrected chi connectivity index (χ1v) is 5.59. The highest BCUT2D eigenvalue weighted by molar-refractivity contribution is 5.08. The van der Waals surface area contributed by atoms with Gasteiger partial charge in [0.05, 0.1) is 6.61 Å². The zero-order valence-corrected chi connectivity index (χ0v) is 9.72. The van der Waals surface area contributed by atoms with Crippen molar-refractivity contribution < 1.29 is 9.84 Å². The van der Waals surface area contributed by atoms with Crippen LogP contribution in [0.15, 0.2) is 24.5 Å². The van der Waals surface area contributed by atoms with E-state index in [1.165, 1.54) is 5.56 Å². The Kier molecular flexibility index (Phi) is 6.72. The van der Waals surface area contributed by atoms with Crippen molar-refractivity contribution in [1.29, 1.82) is 0 Å². The lowest BCUT2D eigenvalue weighted by Crippen LogP contribution is -2.35. The summed E-state index contributed by atoms with van der Waals surface area (Å²) in [6.45, 7) is 1.70. The first-order chi connectivity index (χ1) is 7.86. The Morgan fingerprint density at radius 1 is 1.56 bits per heavy atom. The molecule has 16 heavy (non-hydrogen) atoms. The first kappa shape index (κ1) is 13.1. The van der Waals surface area contributed by atoms with E-state index in [-0.39, 0.29) is 12.6 Å². The van der Waals surface area contributed by atoms with Crippen LogP contribution in [0.5, 0.6) is 0 Å². The molecule has 0 aliphatic rings. The van der Waals surface area contributed by atoms with E-state index < -0.39 is 0 Å². The number of ether oxygens (including phenoxy) is 1. The molecule has 0 amide bonds. The van der Waals surface area contributed by atoms with E-state index in [2.05, 4.69) is 16.4 Å². The molecule has 0 saturated heterocycles. The van der Waals surface area contributed by atoms with Crippen molar-refractivity contribution in [3.05, 3.63) is 30.1 Å². The fourth-order valence-corrected chi connectivity index (χ4v) is 1.57. The second-order valence-electron chi connectivity index (χ2n) is 3.73. The van der Waals surface area contributed by atoms with Gasteiger partial charge < -0.3 is 15.2 Å². The summed E-state index contributed by atoms with van der Waals surface area (Å²) in [6, 6.07) is 4.23. The molecule has 4 heteroatoms. The number of hydrogen-bond acceptors (Lipinski definition) is 4. The molecule has 0 radical (unpaired) electrons. The van der Waals surface area contributed by atoms with E-state index in [0.717, 1.165) is 19.4 Å². The molecule has 0 fully saturated rings. The van der Waals surface area contributed by atoms with Crippen molar-refractivity contribution in [2.24, 2.45) is 0 Å². The van der Waals surface area contributed by atoms with Crippen molar-refractivity contribution in [2.75, 3.05) is 26.9 Å². The van der Waals surface area contributed by atoms with Crippen molar-refractivity contribution in [2.45, 2.75) is 18.9 Å². The SMILES string of the molecule is COCC(CCO)NCCc1cccnc1. The van der Waals surface area contributed by atoms with Gasteiger partial charge in [-0.05, 0) is 31.0 Å². The number of aliphatic hydroxyl groups excluding tert-OH is 1. The minimum atomic E-state index is 0.188. The Bertz CT molecular complexity index is 261. The third-order valence-corrected chi connectivity index (χ3v) is 2.41. The Labute approximate surface area is 96.7 Å². The predicted octanol–water partition coefficient (Wildman–Crippen LogP) is 0.611. The monoisotopic (exact) mass is 224 g/mol. The van der Waals surface area contributed by atoms with Gasteiger partial charge in [-0.2, -0.15) is 0 Å². The fourth-order valence-electron chi connectivity index (χ4n) is 1.57. The van der Waals surface area contributed by atoms with Crippen LogP contribution in [-0.4, -0.2) is 43.0 Å². The van der Waals surface area contributed by atoms with Gasteiger partial charge in [0.2, 0.25) is 0 Å². The molecule has 0 aromatic carbocycles. The second-order valence-corrected chi connectivity index (χ2v) is 3.73. The van der Waals surface area contributed by atoms with Crippen molar-refractivity contribution in [3.8, 4) is 0 Å². The van der Waals surface area contributed by atoms with Crippen LogP contribution in [0.4, 0.5) is 0 Å². The molecular formula is C12H20N2O2. The Hall–Kier alpha value is -0.970. The number of hydrogen-bond donors (Lipinski definition) is 2. The molecule has 1 atom stereocenters. The Morgan fingerprint density at radius 2 is 2.44 bits per heavy atom. The van der Waals surface area contributed by atoms with Crippen LogP contribution < -0.4 is 5.32 Å². The van der Waals surface area contributed by atoms with Crippen molar-refractivity contribution in [3.63, 3.8) is 0 Å². The topological polar surface area (TPSA) is 54.4 Å². The van der Waals surface area contributed by atoms with Crippen LogP contribution in [0.1, 0.15) is 12.0 Å². The van der Waals surface area contributed by atoms with Gasteiger partial charge in [0.1, 0.15) is 0 Å². The molecule has 0 aliphatic carbocycles. The number of aromatic nitrogens is 1. The minimum Gasteiger partial charge on any atom is -0.396 e. The summed E-state index contributed by atoms with van der Waals surface area (Å²) < 4.78 is 5.07. The average molecular weight is 224 g/mol. The van der Waals surface area contributed by atoms with Crippen molar-refractivity contribution in [1.82, 2.24) is 10.3 Å². The van der Waals surface area contributed by atoms with Crippen LogP contribution in [0.25, 0.3) is 0 Å². The lowest BCUT2D eigenvalue weighted by Gasteiger charge is -2.16. The number of aliphatic hydroxyl groups is 1. The molecule has 1 unspecified atom stereocenters. The standard InChI is InChI=1S/C12H20N2O2/c1-16-10-12(5-8-15)14-7-4-11-3-2-6-13-9-11/h2-3,6,9,12,14-15H,4-5,7-8,10H2,1H3.